The maximum Gasteiger partial charge on any atom is 0.267 e. The Balaban J connectivity index is 1.68. The average molecular weight is 395 g/mol. The predicted molar refractivity (Wildman–Crippen MR) is 111 cm³/mol. The Morgan fingerprint density at radius 3 is 2.71 bits per heavy atom. The summed E-state index contributed by atoms with van der Waals surface area (Å²) in [6.07, 6.45) is 4.43. The monoisotopic (exact) mass is 394 g/mol. The van der Waals surface area contributed by atoms with Gasteiger partial charge in [-0.05, 0) is 44.0 Å². The van der Waals surface area contributed by atoms with E-state index in [4.69, 9.17) is 0 Å². The van der Waals surface area contributed by atoms with Crippen LogP contribution < -0.4 is 10.9 Å². The normalized spacial score (nSPS) is 14.5. The van der Waals surface area contributed by atoms with E-state index in [1.807, 2.05) is 37.3 Å². The van der Waals surface area contributed by atoms with Crippen molar-refractivity contribution in [3.05, 3.63) is 58.5 Å². The number of hydrogen-bond donors (Lipinski definition) is 1. The molecule has 2 heterocycles. The molecule has 144 valence electrons. The summed E-state index contributed by atoms with van der Waals surface area (Å²) >= 11 is 1.27. The summed E-state index contributed by atoms with van der Waals surface area (Å²) in [7, 11) is 0. The highest BCUT2D eigenvalue weighted by atomic mass is 32.2. The number of aromatic nitrogens is 3. The highest BCUT2D eigenvalue weighted by molar-refractivity contribution is 7.99. The summed E-state index contributed by atoms with van der Waals surface area (Å²) < 4.78 is 1.50. The molecule has 0 spiro atoms. The van der Waals surface area contributed by atoms with E-state index in [2.05, 4.69) is 15.3 Å². The zero-order valence-corrected chi connectivity index (χ0v) is 16.5. The molecule has 0 atom stereocenters. The maximum atomic E-state index is 13.2. The molecule has 7 heteroatoms. The maximum absolute atomic E-state index is 13.2. The molecule has 4 rings (SSSR count). The number of rotatable bonds is 5. The average Bonchev–Trinajstić information content (AvgIpc) is 3.19. The Morgan fingerprint density at radius 1 is 1.14 bits per heavy atom. The van der Waals surface area contributed by atoms with E-state index in [0.717, 1.165) is 18.5 Å². The van der Waals surface area contributed by atoms with Crippen molar-refractivity contribution >= 4 is 28.6 Å². The van der Waals surface area contributed by atoms with Crippen LogP contribution >= 0.6 is 11.8 Å². The van der Waals surface area contributed by atoms with Crippen LogP contribution in [-0.2, 0) is 4.79 Å². The second kappa shape index (κ2) is 8.14. The first kappa shape index (κ1) is 18.7. The fourth-order valence-corrected chi connectivity index (χ4v) is 4.35. The molecule has 1 aromatic carbocycles. The van der Waals surface area contributed by atoms with Crippen molar-refractivity contribution in [2.75, 3.05) is 5.75 Å². The number of carbonyl (C=O) groups is 1. The van der Waals surface area contributed by atoms with Gasteiger partial charge in [0.2, 0.25) is 5.91 Å². The zero-order chi connectivity index (χ0) is 19.5. The lowest BCUT2D eigenvalue weighted by Gasteiger charge is -2.14. The van der Waals surface area contributed by atoms with Gasteiger partial charge in [-0.25, -0.2) is 14.5 Å². The number of hydrogen-bond acceptors (Lipinski definition) is 5. The molecule has 1 saturated carbocycles. The molecule has 28 heavy (non-hydrogen) atoms. The minimum Gasteiger partial charge on any atom is -0.353 e. The number of para-hydroxylation sites is 1. The van der Waals surface area contributed by atoms with Crippen molar-refractivity contribution in [2.45, 2.75) is 43.8 Å². The smallest absolute Gasteiger partial charge is 0.267 e. The van der Waals surface area contributed by atoms with Gasteiger partial charge in [0.15, 0.2) is 5.16 Å². The van der Waals surface area contributed by atoms with Crippen molar-refractivity contribution in [2.24, 2.45) is 0 Å². The Hall–Kier alpha value is -2.67. The van der Waals surface area contributed by atoms with E-state index in [1.165, 1.54) is 29.2 Å². The lowest BCUT2D eigenvalue weighted by molar-refractivity contribution is -0.119. The van der Waals surface area contributed by atoms with E-state index in [-0.39, 0.29) is 23.3 Å². The second-order valence-corrected chi connectivity index (χ2v) is 7.97. The number of carbonyl (C=O) groups excluding carboxylic acids is 1. The standard InChI is InChI=1S/C21H22N4O2S/c1-14-7-6-12-18(22-14)25-20(27)16-10-4-5-11-17(16)24-21(25)28-13-19(26)23-15-8-2-3-9-15/h4-7,10-12,15H,2-3,8-9,13H2,1H3,(H,23,26). The number of thioether (sulfide) groups is 1. The van der Waals surface area contributed by atoms with E-state index in [1.54, 1.807) is 12.1 Å². The minimum absolute atomic E-state index is 0.0249. The third-order valence-corrected chi connectivity index (χ3v) is 5.84. The van der Waals surface area contributed by atoms with Gasteiger partial charge in [0, 0.05) is 11.7 Å². The number of nitrogens with zero attached hydrogens (tertiary/aromatic N) is 3. The van der Waals surface area contributed by atoms with Gasteiger partial charge in [-0.1, -0.05) is 42.8 Å². The third-order valence-electron chi connectivity index (χ3n) is 4.90. The lowest BCUT2D eigenvalue weighted by atomic mass is 10.2. The van der Waals surface area contributed by atoms with Crippen molar-refractivity contribution < 1.29 is 4.79 Å². The van der Waals surface area contributed by atoms with Gasteiger partial charge >= 0.3 is 0 Å². The van der Waals surface area contributed by atoms with Crippen LogP contribution in [0.2, 0.25) is 0 Å². The Bertz CT molecular complexity index is 1070. The molecule has 6 nitrogen and oxygen atoms in total. The summed E-state index contributed by atoms with van der Waals surface area (Å²) in [4.78, 5) is 34.7. The van der Waals surface area contributed by atoms with Crippen LogP contribution in [0.15, 0.2) is 52.4 Å². The first-order valence-corrected chi connectivity index (χ1v) is 10.5. The molecule has 1 aliphatic carbocycles. The van der Waals surface area contributed by atoms with Crippen LogP contribution in [-0.4, -0.2) is 32.2 Å². The molecule has 0 aliphatic heterocycles. The molecule has 1 amide bonds. The number of fused-ring (bicyclic) bond motifs is 1. The van der Waals surface area contributed by atoms with Crippen molar-refractivity contribution in [1.82, 2.24) is 19.9 Å². The first-order valence-electron chi connectivity index (χ1n) is 9.50. The molecule has 0 bridgehead atoms. The number of benzene rings is 1. The van der Waals surface area contributed by atoms with Crippen LogP contribution in [0, 0.1) is 6.92 Å². The molecular formula is C21H22N4O2S. The van der Waals surface area contributed by atoms with E-state index in [9.17, 15) is 9.59 Å². The fraction of sp³-hybridized carbons (Fsp3) is 0.333. The molecule has 1 N–H and O–H groups in total. The van der Waals surface area contributed by atoms with Crippen LogP contribution in [0.25, 0.3) is 16.7 Å². The van der Waals surface area contributed by atoms with Gasteiger partial charge in [0.25, 0.3) is 5.56 Å². The molecule has 1 fully saturated rings. The van der Waals surface area contributed by atoms with Crippen molar-refractivity contribution in [3.63, 3.8) is 0 Å². The van der Waals surface area contributed by atoms with Gasteiger partial charge < -0.3 is 5.32 Å². The van der Waals surface area contributed by atoms with Crippen LogP contribution in [0.5, 0.6) is 0 Å². The highest BCUT2D eigenvalue weighted by Crippen LogP contribution is 2.22. The van der Waals surface area contributed by atoms with Gasteiger partial charge in [-0.3, -0.25) is 9.59 Å². The van der Waals surface area contributed by atoms with Gasteiger partial charge in [0.1, 0.15) is 5.82 Å². The third kappa shape index (κ3) is 3.94. The van der Waals surface area contributed by atoms with Gasteiger partial charge in [-0.15, -0.1) is 0 Å². The van der Waals surface area contributed by atoms with E-state index >= 15 is 0 Å². The minimum atomic E-state index is -0.178. The predicted octanol–water partition coefficient (Wildman–Crippen LogP) is 3.24. The van der Waals surface area contributed by atoms with Crippen LogP contribution in [0.4, 0.5) is 0 Å². The molecular weight excluding hydrogens is 372 g/mol. The molecule has 1 aliphatic rings. The van der Waals surface area contributed by atoms with Crippen LogP contribution in [0.1, 0.15) is 31.4 Å². The fourth-order valence-electron chi connectivity index (χ4n) is 3.53. The topological polar surface area (TPSA) is 76.9 Å². The Morgan fingerprint density at radius 2 is 1.93 bits per heavy atom. The number of nitrogens with one attached hydrogen (secondary N) is 1. The summed E-state index contributed by atoms with van der Waals surface area (Å²) in [6.45, 7) is 1.88. The Labute approximate surface area is 167 Å². The van der Waals surface area contributed by atoms with Gasteiger partial charge in [0.05, 0.1) is 16.7 Å². The number of amides is 1. The summed E-state index contributed by atoms with van der Waals surface area (Å²) in [5.41, 5.74) is 1.25. The zero-order valence-electron chi connectivity index (χ0n) is 15.7. The molecule has 0 radical (unpaired) electrons. The highest BCUT2D eigenvalue weighted by Gasteiger charge is 2.19. The second-order valence-electron chi connectivity index (χ2n) is 7.03. The summed E-state index contributed by atoms with van der Waals surface area (Å²) in [5, 5.41) is 4.09. The van der Waals surface area contributed by atoms with Crippen LogP contribution in [0.3, 0.4) is 0 Å². The number of pyridine rings is 1. The molecule has 0 saturated heterocycles. The summed E-state index contributed by atoms with van der Waals surface area (Å²) in [5.74, 6) is 0.706. The van der Waals surface area contributed by atoms with E-state index < -0.39 is 0 Å². The lowest BCUT2D eigenvalue weighted by Crippen LogP contribution is -2.34. The molecule has 3 aromatic rings. The molecule has 2 aromatic heterocycles. The van der Waals surface area contributed by atoms with Crippen molar-refractivity contribution in [1.29, 1.82) is 0 Å². The van der Waals surface area contributed by atoms with E-state index in [0.29, 0.717) is 21.9 Å². The Kier molecular flexibility index (Phi) is 5.43. The van der Waals surface area contributed by atoms with Crippen molar-refractivity contribution in [3.8, 4) is 5.82 Å². The quantitative estimate of drug-likeness (QED) is 0.531. The SMILES string of the molecule is Cc1cccc(-n2c(SCC(=O)NC3CCCC3)nc3ccccc3c2=O)n1. The first-order chi connectivity index (χ1) is 13.6. The van der Waals surface area contributed by atoms with Gasteiger partial charge in [-0.2, -0.15) is 0 Å². The largest absolute Gasteiger partial charge is 0.353 e. The number of aryl methyl sites for hydroxylation is 1. The summed E-state index contributed by atoms with van der Waals surface area (Å²) in [6, 6.07) is 13.1. The molecule has 0 unspecified atom stereocenters.